The van der Waals surface area contributed by atoms with Crippen molar-refractivity contribution in [3.8, 4) is 0 Å². The second kappa shape index (κ2) is 5.09. The molecule has 1 aromatic heterocycles. The van der Waals surface area contributed by atoms with Crippen molar-refractivity contribution in [2.75, 3.05) is 5.32 Å². The monoisotopic (exact) mass is 265 g/mol. The lowest BCUT2D eigenvalue weighted by molar-refractivity contribution is 0.100. The van der Waals surface area contributed by atoms with Crippen LogP contribution in [0, 0.1) is 0 Å². The minimum absolute atomic E-state index is 0.409. The summed E-state index contributed by atoms with van der Waals surface area (Å²) in [6.07, 6.45) is 2.01. The van der Waals surface area contributed by atoms with Gasteiger partial charge in [-0.15, -0.1) is 0 Å². The van der Waals surface area contributed by atoms with Gasteiger partial charge in [0, 0.05) is 34.9 Å². The molecule has 4 heteroatoms. The Labute approximate surface area is 116 Å². The number of rotatable bonds is 4. The highest BCUT2D eigenvalue weighted by Gasteiger charge is 2.03. The lowest BCUT2D eigenvalue weighted by Crippen LogP contribution is -2.10. The molecule has 0 bridgehead atoms. The summed E-state index contributed by atoms with van der Waals surface area (Å²) < 4.78 is 0. The summed E-state index contributed by atoms with van der Waals surface area (Å²) in [5.41, 5.74) is 9.03. The first-order valence-electron chi connectivity index (χ1n) is 6.43. The van der Waals surface area contributed by atoms with Crippen LogP contribution in [0.25, 0.3) is 10.9 Å². The molecule has 4 nitrogen and oxygen atoms in total. The van der Waals surface area contributed by atoms with Crippen molar-refractivity contribution in [2.24, 2.45) is 5.73 Å². The highest BCUT2D eigenvalue weighted by molar-refractivity contribution is 5.93. The zero-order chi connectivity index (χ0) is 13.9. The number of aromatic amines is 1. The highest BCUT2D eigenvalue weighted by Crippen LogP contribution is 2.19. The summed E-state index contributed by atoms with van der Waals surface area (Å²) in [6, 6.07) is 15.4. The topological polar surface area (TPSA) is 70.9 Å². The van der Waals surface area contributed by atoms with Crippen LogP contribution in [0.15, 0.2) is 54.7 Å². The molecule has 1 amide bonds. The maximum atomic E-state index is 11.0. The van der Waals surface area contributed by atoms with Crippen molar-refractivity contribution in [3.05, 3.63) is 65.9 Å². The number of para-hydroxylation sites is 1. The molecule has 0 atom stereocenters. The van der Waals surface area contributed by atoms with Crippen molar-refractivity contribution in [1.82, 2.24) is 4.98 Å². The lowest BCUT2D eigenvalue weighted by atomic mass is 10.1. The number of aromatic nitrogens is 1. The molecule has 100 valence electrons. The van der Waals surface area contributed by atoms with E-state index in [1.807, 2.05) is 30.5 Å². The van der Waals surface area contributed by atoms with Crippen LogP contribution in [-0.2, 0) is 6.54 Å². The van der Waals surface area contributed by atoms with E-state index in [-0.39, 0.29) is 0 Å². The molecule has 1 heterocycles. The standard InChI is InChI=1S/C16H15N3O/c17-16(20)11-5-7-13(8-6-11)18-9-12-10-19-15-4-2-1-3-14(12)15/h1-8,10,18-19H,9H2,(H2,17,20). The van der Waals surface area contributed by atoms with Crippen LogP contribution in [0.2, 0.25) is 0 Å². The minimum Gasteiger partial charge on any atom is -0.381 e. The quantitative estimate of drug-likeness (QED) is 0.678. The molecule has 3 aromatic rings. The minimum atomic E-state index is -0.409. The molecule has 0 saturated carbocycles. The first-order valence-corrected chi connectivity index (χ1v) is 6.43. The summed E-state index contributed by atoms with van der Waals surface area (Å²) in [5, 5.41) is 4.55. The van der Waals surface area contributed by atoms with Gasteiger partial charge in [-0.25, -0.2) is 0 Å². The zero-order valence-corrected chi connectivity index (χ0v) is 10.9. The summed E-state index contributed by atoms with van der Waals surface area (Å²) in [5.74, 6) is -0.409. The van der Waals surface area contributed by atoms with E-state index in [1.165, 1.54) is 10.9 Å². The first kappa shape index (κ1) is 12.3. The van der Waals surface area contributed by atoms with Crippen LogP contribution in [0.1, 0.15) is 15.9 Å². The maximum Gasteiger partial charge on any atom is 0.248 e. The molecule has 0 aliphatic carbocycles. The number of amides is 1. The van der Waals surface area contributed by atoms with Gasteiger partial charge in [0.05, 0.1) is 0 Å². The number of primary amides is 1. The molecule has 20 heavy (non-hydrogen) atoms. The first-order chi connectivity index (χ1) is 9.74. The van der Waals surface area contributed by atoms with Crippen LogP contribution in [0.4, 0.5) is 5.69 Å². The van der Waals surface area contributed by atoms with E-state index in [0.29, 0.717) is 5.56 Å². The van der Waals surface area contributed by atoms with Crippen molar-refractivity contribution >= 4 is 22.5 Å². The van der Waals surface area contributed by atoms with Gasteiger partial charge in [-0.05, 0) is 35.9 Å². The fourth-order valence-corrected chi connectivity index (χ4v) is 2.23. The van der Waals surface area contributed by atoms with Crippen LogP contribution in [0.3, 0.4) is 0 Å². The van der Waals surface area contributed by atoms with Gasteiger partial charge < -0.3 is 16.0 Å². The molecule has 0 spiro atoms. The predicted octanol–water partition coefficient (Wildman–Crippen LogP) is 2.88. The summed E-state index contributed by atoms with van der Waals surface area (Å²) in [4.78, 5) is 14.2. The van der Waals surface area contributed by atoms with Crippen molar-refractivity contribution < 1.29 is 4.79 Å². The number of anilines is 1. The van der Waals surface area contributed by atoms with Gasteiger partial charge in [0.25, 0.3) is 0 Å². The van der Waals surface area contributed by atoms with Gasteiger partial charge in [0.1, 0.15) is 0 Å². The van der Waals surface area contributed by atoms with E-state index in [9.17, 15) is 4.79 Å². The third kappa shape index (κ3) is 2.36. The average Bonchev–Trinajstić information content (AvgIpc) is 2.89. The van der Waals surface area contributed by atoms with E-state index >= 15 is 0 Å². The summed E-state index contributed by atoms with van der Waals surface area (Å²) in [6.45, 7) is 0.722. The zero-order valence-electron chi connectivity index (χ0n) is 10.9. The lowest BCUT2D eigenvalue weighted by Gasteiger charge is -2.06. The Morgan fingerprint density at radius 1 is 1.10 bits per heavy atom. The largest absolute Gasteiger partial charge is 0.381 e. The SMILES string of the molecule is NC(=O)c1ccc(NCc2c[nH]c3ccccc23)cc1. The number of nitrogens with two attached hydrogens (primary N) is 1. The molecule has 0 aliphatic heterocycles. The molecule has 0 saturated heterocycles. The van der Waals surface area contributed by atoms with E-state index in [1.54, 1.807) is 12.1 Å². The fourth-order valence-electron chi connectivity index (χ4n) is 2.23. The molecule has 2 aromatic carbocycles. The van der Waals surface area contributed by atoms with Crippen molar-refractivity contribution in [1.29, 1.82) is 0 Å². The summed E-state index contributed by atoms with van der Waals surface area (Å²) in [7, 11) is 0. The van der Waals surface area contributed by atoms with Gasteiger partial charge in [-0.3, -0.25) is 4.79 Å². The second-order valence-corrected chi connectivity index (χ2v) is 4.65. The molecule has 4 N–H and O–H groups in total. The molecular weight excluding hydrogens is 250 g/mol. The Morgan fingerprint density at radius 2 is 1.85 bits per heavy atom. The average molecular weight is 265 g/mol. The Balaban J connectivity index is 1.74. The Bertz CT molecular complexity index is 744. The predicted molar refractivity (Wildman–Crippen MR) is 80.6 cm³/mol. The number of fused-ring (bicyclic) bond motifs is 1. The number of benzene rings is 2. The van der Waals surface area contributed by atoms with Gasteiger partial charge >= 0.3 is 0 Å². The highest BCUT2D eigenvalue weighted by atomic mass is 16.1. The van der Waals surface area contributed by atoms with E-state index in [2.05, 4.69) is 22.4 Å². The van der Waals surface area contributed by atoms with E-state index in [0.717, 1.165) is 17.7 Å². The Hall–Kier alpha value is -2.75. The van der Waals surface area contributed by atoms with Crippen molar-refractivity contribution in [2.45, 2.75) is 6.54 Å². The third-order valence-electron chi connectivity index (χ3n) is 3.33. The number of hydrogen-bond acceptors (Lipinski definition) is 2. The van der Waals surface area contributed by atoms with E-state index in [4.69, 9.17) is 5.73 Å². The number of H-pyrrole nitrogens is 1. The molecule has 0 unspecified atom stereocenters. The smallest absolute Gasteiger partial charge is 0.248 e. The van der Waals surface area contributed by atoms with Gasteiger partial charge in [-0.1, -0.05) is 18.2 Å². The van der Waals surface area contributed by atoms with Crippen LogP contribution < -0.4 is 11.1 Å². The molecule has 0 aliphatic rings. The second-order valence-electron chi connectivity index (χ2n) is 4.65. The van der Waals surface area contributed by atoms with Crippen molar-refractivity contribution in [3.63, 3.8) is 0 Å². The molecule has 3 rings (SSSR count). The summed E-state index contributed by atoms with van der Waals surface area (Å²) >= 11 is 0. The number of hydrogen-bond donors (Lipinski definition) is 3. The maximum absolute atomic E-state index is 11.0. The van der Waals surface area contributed by atoms with E-state index < -0.39 is 5.91 Å². The Morgan fingerprint density at radius 3 is 2.60 bits per heavy atom. The molecule has 0 fully saturated rings. The van der Waals surface area contributed by atoms with Crippen LogP contribution in [0.5, 0.6) is 0 Å². The fraction of sp³-hybridized carbons (Fsp3) is 0.0625. The number of carbonyl (C=O) groups excluding carboxylic acids is 1. The normalized spacial score (nSPS) is 10.6. The van der Waals surface area contributed by atoms with Crippen LogP contribution >= 0.6 is 0 Å². The van der Waals surface area contributed by atoms with Gasteiger partial charge in [0.15, 0.2) is 0 Å². The van der Waals surface area contributed by atoms with Gasteiger partial charge in [-0.2, -0.15) is 0 Å². The Kier molecular flexibility index (Phi) is 3.13. The molecular formula is C16H15N3O. The third-order valence-corrected chi connectivity index (χ3v) is 3.33. The van der Waals surface area contributed by atoms with Gasteiger partial charge in [0.2, 0.25) is 5.91 Å². The molecule has 0 radical (unpaired) electrons. The number of carbonyl (C=O) groups is 1. The van der Waals surface area contributed by atoms with Crippen LogP contribution in [-0.4, -0.2) is 10.9 Å². The number of nitrogens with one attached hydrogen (secondary N) is 2.